The second-order valence-electron chi connectivity index (χ2n) is 4.73. The fourth-order valence-corrected chi connectivity index (χ4v) is 4.04. The van der Waals surface area contributed by atoms with E-state index in [1.54, 1.807) is 0 Å². The Morgan fingerprint density at radius 1 is 1.40 bits per heavy atom. The van der Waals surface area contributed by atoms with Crippen LogP contribution in [0.5, 0.6) is 0 Å². The van der Waals surface area contributed by atoms with Crippen LogP contribution in [0.3, 0.4) is 0 Å². The maximum atomic E-state index is 13.2. The van der Waals surface area contributed by atoms with Crippen LogP contribution in [0.15, 0.2) is 23.1 Å². The molecule has 0 aromatic heterocycles. The Bertz CT molecular complexity index is 587. The first-order valence-electron chi connectivity index (χ1n) is 6.06. The van der Waals surface area contributed by atoms with Gasteiger partial charge in [0, 0.05) is 13.2 Å². The highest BCUT2D eigenvalue weighted by Crippen LogP contribution is 2.27. The van der Waals surface area contributed by atoms with Crippen LogP contribution in [-0.2, 0) is 14.8 Å². The van der Waals surface area contributed by atoms with E-state index in [9.17, 15) is 17.9 Å². The van der Waals surface area contributed by atoms with Gasteiger partial charge in [0.15, 0.2) is 0 Å². The summed E-state index contributed by atoms with van der Waals surface area (Å²) in [6.07, 6.45) is 0.686. The van der Waals surface area contributed by atoms with Crippen molar-refractivity contribution in [3.05, 3.63) is 29.0 Å². The molecule has 0 bridgehead atoms. The SMILES string of the molecule is O=S(=O)(NC1(CO)CCOCC1)c1cc(F)ccc1Cl. The number of halogens is 2. The highest BCUT2D eigenvalue weighted by Gasteiger charge is 2.37. The summed E-state index contributed by atoms with van der Waals surface area (Å²) in [4.78, 5) is -0.335. The fraction of sp³-hybridized carbons (Fsp3) is 0.500. The number of nitrogens with one attached hydrogen (secondary N) is 1. The average Bonchev–Trinajstić information content (AvgIpc) is 2.42. The molecular formula is C12H15ClFNO4S. The number of hydrogen-bond donors (Lipinski definition) is 2. The lowest BCUT2D eigenvalue weighted by Gasteiger charge is -2.35. The first kappa shape index (κ1) is 15.7. The zero-order chi connectivity index (χ0) is 14.8. The smallest absolute Gasteiger partial charge is 0.242 e. The molecule has 8 heteroatoms. The molecule has 0 aliphatic carbocycles. The van der Waals surface area contributed by atoms with E-state index in [1.165, 1.54) is 6.07 Å². The third-order valence-corrected chi connectivity index (χ3v) is 5.35. The molecule has 1 saturated heterocycles. The lowest BCUT2D eigenvalue weighted by Crippen LogP contribution is -2.54. The molecule has 2 N–H and O–H groups in total. The lowest BCUT2D eigenvalue weighted by atomic mass is 9.93. The number of ether oxygens (including phenoxy) is 1. The normalized spacial score (nSPS) is 18.9. The summed E-state index contributed by atoms with van der Waals surface area (Å²) in [5.41, 5.74) is -0.993. The molecule has 112 valence electrons. The molecule has 0 saturated carbocycles. The zero-order valence-electron chi connectivity index (χ0n) is 10.6. The highest BCUT2D eigenvalue weighted by atomic mass is 35.5. The first-order valence-corrected chi connectivity index (χ1v) is 7.92. The molecule has 20 heavy (non-hydrogen) atoms. The summed E-state index contributed by atoms with van der Waals surface area (Å²) in [7, 11) is -4.02. The number of hydrogen-bond acceptors (Lipinski definition) is 4. The third-order valence-electron chi connectivity index (χ3n) is 3.29. The maximum Gasteiger partial charge on any atom is 0.242 e. The van der Waals surface area contributed by atoms with E-state index in [4.69, 9.17) is 16.3 Å². The Hall–Kier alpha value is -0.730. The van der Waals surface area contributed by atoms with E-state index in [-0.39, 0.29) is 16.5 Å². The van der Waals surface area contributed by atoms with Gasteiger partial charge in [0.25, 0.3) is 0 Å². The van der Waals surface area contributed by atoms with E-state index in [2.05, 4.69) is 4.72 Å². The molecule has 5 nitrogen and oxygen atoms in total. The molecule has 0 amide bonds. The van der Waals surface area contributed by atoms with Gasteiger partial charge in [-0.25, -0.2) is 17.5 Å². The number of rotatable bonds is 4. The average molecular weight is 324 g/mol. The lowest BCUT2D eigenvalue weighted by molar-refractivity contribution is 0.0223. The van der Waals surface area contributed by atoms with Crippen molar-refractivity contribution in [1.82, 2.24) is 4.72 Å². The second-order valence-corrected chi connectivity index (χ2v) is 6.79. The first-order chi connectivity index (χ1) is 9.38. The van der Waals surface area contributed by atoms with Crippen molar-refractivity contribution >= 4 is 21.6 Å². The van der Waals surface area contributed by atoms with Crippen LogP contribution in [0, 0.1) is 5.82 Å². The quantitative estimate of drug-likeness (QED) is 0.875. The van der Waals surface area contributed by atoms with Gasteiger partial charge in [-0.2, -0.15) is 0 Å². The summed E-state index contributed by atoms with van der Waals surface area (Å²) in [6.45, 7) is 0.336. The van der Waals surface area contributed by atoms with Gasteiger partial charge in [-0.1, -0.05) is 11.6 Å². The predicted molar refractivity (Wildman–Crippen MR) is 71.6 cm³/mol. The summed E-state index contributed by atoms with van der Waals surface area (Å²) in [5.74, 6) is -0.695. The summed E-state index contributed by atoms with van der Waals surface area (Å²) >= 11 is 5.81. The monoisotopic (exact) mass is 323 g/mol. The predicted octanol–water partition coefficient (Wildman–Crippen LogP) is 1.30. The minimum Gasteiger partial charge on any atom is -0.394 e. The molecule has 0 atom stereocenters. The Kier molecular flexibility index (Phi) is 4.66. The second kappa shape index (κ2) is 5.95. The van der Waals surface area contributed by atoms with Gasteiger partial charge >= 0.3 is 0 Å². The van der Waals surface area contributed by atoms with Crippen LogP contribution >= 0.6 is 11.6 Å². The molecule has 1 aromatic rings. The summed E-state index contributed by atoms with van der Waals surface area (Å²) in [6, 6.07) is 3.12. The van der Waals surface area contributed by atoms with Crippen LogP contribution in [0.4, 0.5) is 4.39 Å². The molecule has 1 heterocycles. The molecule has 1 aliphatic heterocycles. The third kappa shape index (κ3) is 3.29. The summed E-state index contributed by atoms with van der Waals surface area (Å²) < 4.78 is 45.5. The van der Waals surface area contributed by atoms with Gasteiger partial charge in [-0.15, -0.1) is 0 Å². The van der Waals surface area contributed by atoms with Crippen LogP contribution < -0.4 is 4.72 Å². The fourth-order valence-electron chi connectivity index (χ4n) is 2.08. The van der Waals surface area contributed by atoms with E-state index in [0.29, 0.717) is 26.1 Å². The topological polar surface area (TPSA) is 75.6 Å². The van der Waals surface area contributed by atoms with E-state index in [1.807, 2.05) is 0 Å². The molecule has 1 aliphatic rings. The summed E-state index contributed by atoms with van der Waals surface area (Å²) in [5, 5.41) is 9.42. The maximum absolute atomic E-state index is 13.2. The number of aliphatic hydroxyl groups excluding tert-OH is 1. The molecular weight excluding hydrogens is 309 g/mol. The van der Waals surface area contributed by atoms with Gasteiger partial charge in [0.05, 0.1) is 17.2 Å². The van der Waals surface area contributed by atoms with Crippen molar-refractivity contribution < 1.29 is 22.7 Å². The van der Waals surface area contributed by atoms with Gasteiger partial charge in [-0.05, 0) is 31.0 Å². The molecule has 0 unspecified atom stereocenters. The van der Waals surface area contributed by atoms with Crippen LogP contribution in [0.2, 0.25) is 5.02 Å². The van der Waals surface area contributed by atoms with E-state index >= 15 is 0 Å². The van der Waals surface area contributed by atoms with Gasteiger partial charge in [0.2, 0.25) is 10.0 Å². The van der Waals surface area contributed by atoms with Crippen molar-refractivity contribution in [2.75, 3.05) is 19.8 Å². The van der Waals surface area contributed by atoms with E-state index < -0.39 is 21.4 Å². The minimum atomic E-state index is -4.02. The van der Waals surface area contributed by atoms with Gasteiger partial charge in [-0.3, -0.25) is 0 Å². The van der Waals surface area contributed by atoms with Crippen LogP contribution in [0.25, 0.3) is 0 Å². The molecule has 0 spiro atoms. The zero-order valence-corrected chi connectivity index (χ0v) is 12.2. The van der Waals surface area contributed by atoms with Crippen molar-refractivity contribution in [2.24, 2.45) is 0 Å². The van der Waals surface area contributed by atoms with Gasteiger partial charge in [0.1, 0.15) is 10.7 Å². The van der Waals surface area contributed by atoms with E-state index in [0.717, 1.165) is 12.1 Å². The van der Waals surface area contributed by atoms with Crippen LogP contribution in [0.1, 0.15) is 12.8 Å². The molecule has 0 radical (unpaired) electrons. The van der Waals surface area contributed by atoms with Crippen molar-refractivity contribution in [1.29, 1.82) is 0 Å². The van der Waals surface area contributed by atoms with Crippen molar-refractivity contribution in [2.45, 2.75) is 23.3 Å². The van der Waals surface area contributed by atoms with Crippen LogP contribution in [-0.4, -0.2) is 38.9 Å². The molecule has 1 aromatic carbocycles. The standard InChI is InChI=1S/C12H15ClFNO4S/c13-10-2-1-9(14)7-11(10)20(17,18)15-12(8-16)3-5-19-6-4-12/h1-2,7,15-16H,3-6,8H2. The number of sulfonamides is 1. The van der Waals surface area contributed by atoms with Crippen molar-refractivity contribution in [3.8, 4) is 0 Å². The Labute approximate surface area is 121 Å². The number of benzene rings is 1. The minimum absolute atomic E-state index is 0.0703. The highest BCUT2D eigenvalue weighted by molar-refractivity contribution is 7.89. The molecule has 2 rings (SSSR count). The van der Waals surface area contributed by atoms with Crippen molar-refractivity contribution in [3.63, 3.8) is 0 Å². The Morgan fingerprint density at radius 3 is 2.65 bits per heavy atom. The largest absolute Gasteiger partial charge is 0.394 e. The Balaban J connectivity index is 2.32. The molecule has 1 fully saturated rings. The van der Waals surface area contributed by atoms with Gasteiger partial charge < -0.3 is 9.84 Å². The Morgan fingerprint density at radius 2 is 2.05 bits per heavy atom. The number of aliphatic hydroxyl groups is 1.